The highest BCUT2D eigenvalue weighted by Crippen LogP contribution is 2.28. The second-order valence-corrected chi connectivity index (χ2v) is 6.76. The monoisotopic (exact) mass is 331 g/mol. The molecular formula is C17H21N3O2S. The molecule has 2 aromatic heterocycles. The molecule has 1 aliphatic rings. The van der Waals surface area contributed by atoms with E-state index in [1.165, 1.54) is 6.42 Å². The van der Waals surface area contributed by atoms with Crippen molar-refractivity contribution in [3.8, 4) is 0 Å². The molecule has 23 heavy (non-hydrogen) atoms. The Hall–Kier alpha value is -1.82. The third-order valence-electron chi connectivity index (χ3n) is 4.18. The van der Waals surface area contributed by atoms with E-state index in [-0.39, 0.29) is 5.91 Å². The molecule has 0 spiro atoms. The molecular weight excluding hydrogens is 310 g/mol. The number of hydrogen-bond acceptors (Lipinski definition) is 5. The summed E-state index contributed by atoms with van der Waals surface area (Å²) in [7, 11) is 0. The lowest BCUT2D eigenvalue weighted by molar-refractivity contribution is 0.0720. The second kappa shape index (κ2) is 7.17. The number of aryl methyl sites for hydroxylation is 2. The van der Waals surface area contributed by atoms with Crippen LogP contribution in [0.4, 0.5) is 0 Å². The Morgan fingerprint density at radius 2 is 2.09 bits per heavy atom. The zero-order chi connectivity index (χ0) is 16.2. The number of amides is 1. The van der Waals surface area contributed by atoms with Crippen molar-refractivity contribution in [1.29, 1.82) is 0 Å². The normalized spacial score (nSPS) is 15.0. The van der Waals surface area contributed by atoms with E-state index in [0.717, 1.165) is 48.0 Å². The van der Waals surface area contributed by atoms with Crippen molar-refractivity contribution in [2.45, 2.75) is 43.9 Å². The smallest absolute Gasteiger partial charge is 0.256 e. The molecule has 6 heteroatoms. The number of piperidine rings is 1. The Kier molecular flexibility index (Phi) is 5.00. The molecule has 0 aromatic carbocycles. The van der Waals surface area contributed by atoms with Gasteiger partial charge in [-0.2, -0.15) is 0 Å². The number of rotatable bonds is 4. The molecule has 0 atom stereocenters. The standard InChI is InChI=1S/C17H21N3O2S/c1-12-15(13(2)22-19-12)11-23-16-14(7-6-8-18-16)17(21)20-9-4-3-5-10-20/h6-8H,3-5,9-11H2,1-2H3. The Bertz CT molecular complexity index is 673. The molecule has 0 bridgehead atoms. The predicted molar refractivity (Wildman–Crippen MR) is 89.5 cm³/mol. The van der Waals surface area contributed by atoms with Crippen molar-refractivity contribution in [1.82, 2.24) is 15.0 Å². The first kappa shape index (κ1) is 16.1. The number of aromatic nitrogens is 2. The van der Waals surface area contributed by atoms with E-state index in [1.807, 2.05) is 30.9 Å². The zero-order valence-corrected chi connectivity index (χ0v) is 14.4. The van der Waals surface area contributed by atoms with Gasteiger partial charge in [0.2, 0.25) is 0 Å². The van der Waals surface area contributed by atoms with Crippen molar-refractivity contribution in [2.24, 2.45) is 0 Å². The van der Waals surface area contributed by atoms with Crippen LogP contribution in [0.3, 0.4) is 0 Å². The quantitative estimate of drug-likeness (QED) is 0.801. The van der Waals surface area contributed by atoms with Crippen LogP contribution in [0.5, 0.6) is 0 Å². The predicted octanol–water partition coefficient (Wildman–Crippen LogP) is 3.60. The van der Waals surface area contributed by atoms with Gasteiger partial charge in [-0.15, -0.1) is 11.8 Å². The summed E-state index contributed by atoms with van der Waals surface area (Å²) in [5.41, 5.74) is 2.68. The van der Waals surface area contributed by atoms with Crippen molar-refractivity contribution in [2.75, 3.05) is 13.1 Å². The van der Waals surface area contributed by atoms with Gasteiger partial charge in [-0.05, 0) is 45.2 Å². The second-order valence-electron chi connectivity index (χ2n) is 5.80. The number of pyridine rings is 1. The first-order valence-corrected chi connectivity index (χ1v) is 8.94. The van der Waals surface area contributed by atoms with Crippen LogP contribution in [0.1, 0.15) is 46.6 Å². The maximum atomic E-state index is 12.8. The van der Waals surface area contributed by atoms with Crippen molar-refractivity contribution < 1.29 is 9.32 Å². The molecule has 1 amide bonds. The van der Waals surface area contributed by atoms with Crippen molar-refractivity contribution in [3.63, 3.8) is 0 Å². The molecule has 122 valence electrons. The van der Waals surface area contributed by atoms with Gasteiger partial charge in [0, 0.05) is 30.6 Å². The van der Waals surface area contributed by atoms with Gasteiger partial charge < -0.3 is 9.42 Å². The Labute approximate surface area is 140 Å². The lowest BCUT2D eigenvalue weighted by atomic mass is 10.1. The Morgan fingerprint density at radius 1 is 1.30 bits per heavy atom. The van der Waals surface area contributed by atoms with Gasteiger partial charge in [0.25, 0.3) is 5.91 Å². The molecule has 3 heterocycles. The van der Waals surface area contributed by atoms with E-state index in [9.17, 15) is 4.79 Å². The molecule has 3 rings (SSSR count). The molecule has 0 saturated carbocycles. The Morgan fingerprint density at radius 3 is 2.78 bits per heavy atom. The largest absolute Gasteiger partial charge is 0.361 e. The molecule has 0 aliphatic carbocycles. The summed E-state index contributed by atoms with van der Waals surface area (Å²) in [6.45, 7) is 5.54. The molecule has 0 radical (unpaired) electrons. The van der Waals surface area contributed by atoms with Gasteiger partial charge in [-0.1, -0.05) is 5.16 Å². The Balaban J connectivity index is 1.76. The van der Waals surface area contributed by atoms with Crippen molar-refractivity contribution >= 4 is 17.7 Å². The number of carbonyl (C=O) groups excluding carboxylic acids is 1. The third-order valence-corrected chi connectivity index (χ3v) is 5.21. The molecule has 1 aliphatic heterocycles. The van der Waals surface area contributed by atoms with Gasteiger partial charge in [-0.3, -0.25) is 4.79 Å². The van der Waals surface area contributed by atoms with Crippen LogP contribution in [0.25, 0.3) is 0 Å². The molecule has 2 aromatic rings. The van der Waals surface area contributed by atoms with Crippen molar-refractivity contribution in [3.05, 3.63) is 40.9 Å². The first-order valence-electron chi connectivity index (χ1n) is 7.95. The fraction of sp³-hybridized carbons (Fsp3) is 0.471. The van der Waals surface area contributed by atoms with Gasteiger partial charge in [0.1, 0.15) is 10.8 Å². The minimum absolute atomic E-state index is 0.0964. The van der Waals surface area contributed by atoms with E-state index < -0.39 is 0 Å². The van der Waals surface area contributed by atoms with Crippen LogP contribution in [-0.4, -0.2) is 34.0 Å². The van der Waals surface area contributed by atoms with E-state index in [1.54, 1.807) is 18.0 Å². The van der Waals surface area contributed by atoms with Crippen LogP contribution in [0.15, 0.2) is 27.9 Å². The highest BCUT2D eigenvalue weighted by Gasteiger charge is 2.22. The SMILES string of the molecule is Cc1noc(C)c1CSc1ncccc1C(=O)N1CCCCC1. The van der Waals surface area contributed by atoms with Gasteiger partial charge in [0.05, 0.1) is 11.3 Å². The number of carbonyl (C=O) groups is 1. The first-order chi connectivity index (χ1) is 11.2. The lowest BCUT2D eigenvalue weighted by Gasteiger charge is -2.27. The fourth-order valence-corrected chi connectivity index (χ4v) is 3.92. The number of thioether (sulfide) groups is 1. The molecule has 1 saturated heterocycles. The zero-order valence-electron chi connectivity index (χ0n) is 13.5. The minimum atomic E-state index is 0.0964. The molecule has 1 fully saturated rings. The highest BCUT2D eigenvalue weighted by molar-refractivity contribution is 7.98. The summed E-state index contributed by atoms with van der Waals surface area (Å²) in [5, 5.41) is 4.76. The summed E-state index contributed by atoms with van der Waals surface area (Å²) in [6, 6.07) is 3.71. The highest BCUT2D eigenvalue weighted by atomic mass is 32.2. The average Bonchev–Trinajstić information content (AvgIpc) is 2.92. The summed E-state index contributed by atoms with van der Waals surface area (Å²) in [6.07, 6.45) is 5.13. The molecule has 0 N–H and O–H groups in total. The minimum Gasteiger partial charge on any atom is -0.361 e. The van der Waals surface area contributed by atoms with E-state index >= 15 is 0 Å². The van der Waals surface area contributed by atoms with Gasteiger partial charge in [-0.25, -0.2) is 4.98 Å². The average molecular weight is 331 g/mol. The van der Waals surface area contributed by atoms with E-state index in [4.69, 9.17) is 4.52 Å². The fourth-order valence-electron chi connectivity index (χ4n) is 2.78. The summed E-state index contributed by atoms with van der Waals surface area (Å²) >= 11 is 1.57. The summed E-state index contributed by atoms with van der Waals surface area (Å²) in [4.78, 5) is 19.1. The van der Waals surface area contributed by atoms with Crippen LogP contribution in [0.2, 0.25) is 0 Å². The number of nitrogens with zero attached hydrogens (tertiary/aromatic N) is 3. The molecule has 0 unspecified atom stereocenters. The van der Waals surface area contributed by atoms with Crippen LogP contribution in [-0.2, 0) is 5.75 Å². The number of likely N-dealkylation sites (tertiary alicyclic amines) is 1. The van der Waals surface area contributed by atoms with Crippen LogP contribution in [0, 0.1) is 13.8 Å². The summed E-state index contributed by atoms with van der Waals surface area (Å²) < 4.78 is 5.20. The maximum absolute atomic E-state index is 12.8. The van der Waals surface area contributed by atoms with E-state index in [2.05, 4.69) is 10.1 Å². The van der Waals surface area contributed by atoms with E-state index in [0.29, 0.717) is 11.3 Å². The maximum Gasteiger partial charge on any atom is 0.256 e. The lowest BCUT2D eigenvalue weighted by Crippen LogP contribution is -2.35. The van der Waals surface area contributed by atoms with Gasteiger partial charge >= 0.3 is 0 Å². The topological polar surface area (TPSA) is 59.2 Å². The molecule has 5 nitrogen and oxygen atoms in total. The summed E-state index contributed by atoms with van der Waals surface area (Å²) in [5.74, 6) is 1.63. The van der Waals surface area contributed by atoms with Crippen LogP contribution < -0.4 is 0 Å². The van der Waals surface area contributed by atoms with Gasteiger partial charge in [0.15, 0.2) is 0 Å². The van der Waals surface area contributed by atoms with Crippen LogP contribution >= 0.6 is 11.8 Å². The number of hydrogen-bond donors (Lipinski definition) is 0. The third kappa shape index (κ3) is 3.58.